The quantitative estimate of drug-likeness (QED) is 0.520. The predicted octanol–water partition coefficient (Wildman–Crippen LogP) is 4.75. The lowest BCUT2D eigenvalue weighted by molar-refractivity contribution is -0.117. The van der Waals surface area contributed by atoms with Gasteiger partial charge in [-0.05, 0) is 30.5 Å². The van der Waals surface area contributed by atoms with Gasteiger partial charge in [0.1, 0.15) is 5.84 Å². The molecule has 0 saturated heterocycles. The molecule has 1 aromatic rings. The fourth-order valence-corrected chi connectivity index (χ4v) is 2.25. The summed E-state index contributed by atoms with van der Waals surface area (Å²) < 4.78 is 0. The first-order chi connectivity index (χ1) is 10.8. The molecule has 1 amide bonds. The molecular weight excluding hydrogens is 333 g/mol. The molecule has 0 aromatic heterocycles. The van der Waals surface area contributed by atoms with Gasteiger partial charge in [0.25, 0.3) is 0 Å². The fraction of sp³-hybridized carbons (Fsp3) is 0.529. The lowest BCUT2D eigenvalue weighted by Gasteiger charge is -2.13. The van der Waals surface area contributed by atoms with Gasteiger partial charge < -0.3 is 11.1 Å². The molecular formula is C17H25Cl2N3O. The van der Waals surface area contributed by atoms with Crippen LogP contribution < -0.4 is 11.1 Å². The highest BCUT2D eigenvalue weighted by Gasteiger charge is 2.10. The number of nitrogens with zero attached hydrogens (tertiary/aromatic N) is 1. The maximum Gasteiger partial charge on any atom is 0.247 e. The Morgan fingerprint density at radius 1 is 1.26 bits per heavy atom. The highest BCUT2D eigenvalue weighted by Crippen LogP contribution is 2.25. The van der Waals surface area contributed by atoms with Crippen LogP contribution in [0.2, 0.25) is 10.0 Å². The summed E-state index contributed by atoms with van der Waals surface area (Å²) in [4.78, 5) is 15.8. The summed E-state index contributed by atoms with van der Waals surface area (Å²) in [5.41, 5.74) is 6.76. The number of rotatable bonds is 8. The molecule has 1 rings (SSSR count). The smallest absolute Gasteiger partial charge is 0.247 e. The van der Waals surface area contributed by atoms with Crippen molar-refractivity contribution < 1.29 is 4.79 Å². The Morgan fingerprint density at radius 3 is 2.57 bits per heavy atom. The zero-order valence-electron chi connectivity index (χ0n) is 13.9. The molecule has 1 unspecified atom stereocenters. The van der Waals surface area contributed by atoms with Crippen molar-refractivity contribution in [2.45, 2.75) is 40.0 Å². The van der Waals surface area contributed by atoms with Crippen molar-refractivity contribution in [1.82, 2.24) is 0 Å². The topological polar surface area (TPSA) is 67.5 Å². The molecule has 0 heterocycles. The number of anilines is 1. The molecule has 6 heteroatoms. The van der Waals surface area contributed by atoms with Gasteiger partial charge in [0.05, 0.1) is 10.0 Å². The molecule has 1 atom stereocenters. The number of halogens is 2. The minimum absolute atomic E-state index is 0.0569. The van der Waals surface area contributed by atoms with Crippen molar-refractivity contribution in [3.63, 3.8) is 0 Å². The SMILES string of the molecule is CC(C)CCCC(=O)N=C(N)C(C)CNc1ccc(Cl)c(Cl)c1. The second-order valence-electron chi connectivity index (χ2n) is 6.13. The van der Waals surface area contributed by atoms with Crippen LogP contribution in [0.15, 0.2) is 23.2 Å². The number of nitrogens with two attached hydrogens (primary N) is 1. The Hall–Kier alpha value is -1.26. The van der Waals surface area contributed by atoms with Crippen molar-refractivity contribution in [3.05, 3.63) is 28.2 Å². The number of hydrogen-bond donors (Lipinski definition) is 2. The van der Waals surface area contributed by atoms with E-state index in [1.807, 2.05) is 13.0 Å². The first-order valence-corrected chi connectivity index (χ1v) is 8.61. The van der Waals surface area contributed by atoms with Crippen molar-refractivity contribution in [2.24, 2.45) is 22.6 Å². The van der Waals surface area contributed by atoms with E-state index in [4.69, 9.17) is 28.9 Å². The molecule has 23 heavy (non-hydrogen) atoms. The van der Waals surface area contributed by atoms with Crippen molar-refractivity contribution in [1.29, 1.82) is 0 Å². The number of nitrogens with one attached hydrogen (secondary N) is 1. The monoisotopic (exact) mass is 357 g/mol. The number of benzene rings is 1. The predicted molar refractivity (Wildman–Crippen MR) is 99.4 cm³/mol. The molecule has 0 aliphatic heterocycles. The molecule has 1 aromatic carbocycles. The summed E-state index contributed by atoms with van der Waals surface area (Å²) in [5.74, 6) is 0.744. The zero-order chi connectivity index (χ0) is 17.4. The van der Waals surface area contributed by atoms with Gasteiger partial charge in [-0.25, -0.2) is 4.99 Å². The molecule has 3 N–H and O–H groups in total. The average molecular weight is 358 g/mol. The summed E-state index contributed by atoms with van der Waals surface area (Å²) >= 11 is 11.8. The fourth-order valence-electron chi connectivity index (χ4n) is 1.95. The summed E-state index contributed by atoms with van der Waals surface area (Å²) in [6.45, 7) is 6.76. The molecule has 0 bridgehead atoms. The number of amidine groups is 1. The highest BCUT2D eigenvalue weighted by molar-refractivity contribution is 6.42. The zero-order valence-corrected chi connectivity index (χ0v) is 15.4. The molecule has 128 valence electrons. The van der Waals surface area contributed by atoms with Gasteiger partial charge in [-0.15, -0.1) is 0 Å². The molecule has 4 nitrogen and oxygen atoms in total. The van der Waals surface area contributed by atoms with Gasteiger partial charge in [-0.2, -0.15) is 0 Å². The lowest BCUT2D eigenvalue weighted by Crippen LogP contribution is -2.28. The molecule has 0 radical (unpaired) electrons. The first kappa shape index (κ1) is 19.8. The van der Waals surface area contributed by atoms with Crippen LogP contribution in [0.5, 0.6) is 0 Å². The summed E-state index contributed by atoms with van der Waals surface area (Å²) in [6, 6.07) is 5.32. The largest absolute Gasteiger partial charge is 0.387 e. The van der Waals surface area contributed by atoms with Crippen molar-refractivity contribution in [3.8, 4) is 0 Å². The van der Waals surface area contributed by atoms with Crippen LogP contribution in [0.1, 0.15) is 40.0 Å². The summed E-state index contributed by atoms with van der Waals surface area (Å²) in [6.07, 6.45) is 2.32. The Morgan fingerprint density at radius 2 is 1.96 bits per heavy atom. The van der Waals surface area contributed by atoms with E-state index >= 15 is 0 Å². The Labute approximate surface area is 148 Å². The molecule has 0 fully saturated rings. The number of carbonyl (C=O) groups excluding carboxylic acids is 1. The van der Waals surface area contributed by atoms with E-state index in [9.17, 15) is 4.79 Å². The maximum absolute atomic E-state index is 11.8. The minimum Gasteiger partial charge on any atom is -0.387 e. The average Bonchev–Trinajstić information content (AvgIpc) is 2.47. The number of amides is 1. The van der Waals surface area contributed by atoms with Crippen LogP contribution in [-0.2, 0) is 4.79 Å². The third-order valence-electron chi connectivity index (χ3n) is 3.46. The van der Waals surface area contributed by atoms with Gasteiger partial charge in [-0.1, -0.05) is 50.4 Å². The van der Waals surface area contributed by atoms with E-state index in [2.05, 4.69) is 24.2 Å². The minimum atomic E-state index is -0.149. The Kier molecular flexibility index (Phi) is 8.42. The van der Waals surface area contributed by atoms with E-state index in [1.54, 1.807) is 12.1 Å². The first-order valence-electron chi connectivity index (χ1n) is 7.85. The summed E-state index contributed by atoms with van der Waals surface area (Å²) in [5, 5.41) is 4.21. The second-order valence-corrected chi connectivity index (χ2v) is 6.94. The highest BCUT2D eigenvalue weighted by atomic mass is 35.5. The van der Waals surface area contributed by atoms with Crippen LogP contribution in [0.4, 0.5) is 5.69 Å². The number of hydrogen-bond acceptors (Lipinski definition) is 2. The maximum atomic E-state index is 11.8. The van der Waals surface area contributed by atoms with Gasteiger partial charge >= 0.3 is 0 Å². The van der Waals surface area contributed by atoms with E-state index in [1.165, 1.54) is 0 Å². The Balaban J connectivity index is 2.46. The van der Waals surface area contributed by atoms with E-state index in [-0.39, 0.29) is 11.8 Å². The number of aliphatic imine (C=N–C) groups is 1. The third-order valence-corrected chi connectivity index (χ3v) is 4.20. The normalized spacial score (nSPS) is 13.2. The van der Waals surface area contributed by atoms with E-state index < -0.39 is 0 Å². The van der Waals surface area contributed by atoms with Gasteiger partial charge in [-0.3, -0.25) is 4.79 Å². The van der Waals surface area contributed by atoms with E-state index in [0.717, 1.165) is 18.5 Å². The van der Waals surface area contributed by atoms with Crippen LogP contribution in [-0.4, -0.2) is 18.3 Å². The molecule has 0 aliphatic carbocycles. The van der Waals surface area contributed by atoms with Crippen LogP contribution >= 0.6 is 23.2 Å². The standard InChI is InChI=1S/C17H25Cl2N3O/c1-11(2)5-4-6-16(23)22-17(20)12(3)10-21-13-7-8-14(18)15(19)9-13/h7-9,11-12,21H,4-6,10H2,1-3H3,(H2,20,22,23). The molecule has 0 aliphatic rings. The second kappa shape index (κ2) is 9.78. The van der Waals surface area contributed by atoms with Crippen LogP contribution in [0.3, 0.4) is 0 Å². The van der Waals surface area contributed by atoms with Crippen LogP contribution in [0.25, 0.3) is 0 Å². The van der Waals surface area contributed by atoms with E-state index in [0.29, 0.717) is 34.8 Å². The van der Waals surface area contributed by atoms with Gasteiger partial charge in [0, 0.05) is 24.6 Å². The van der Waals surface area contributed by atoms with Gasteiger partial charge in [0.2, 0.25) is 5.91 Å². The molecule has 0 saturated carbocycles. The number of carbonyl (C=O) groups is 1. The third kappa shape index (κ3) is 7.71. The van der Waals surface area contributed by atoms with Crippen molar-refractivity contribution in [2.75, 3.05) is 11.9 Å². The Bertz CT molecular complexity index is 559. The van der Waals surface area contributed by atoms with Gasteiger partial charge in [0.15, 0.2) is 0 Å². The van der Waals surface area contributed by atoms with Crippen molar-refractivity contribution >= 4 is 40.6 Å². The molecule has 0 spiro atoms. The summed E-state index contributed by atoms with van der Waals surface area (Å²) in [7, 11) is 0. The van der Waals surface area contributed by atoms with Crippen LogP contribution in [0, 0.1) is 11.8 Å². The lowest BCUT2D eigenvalue weighted by atomic mass is 10.1.